The van der Waals surface area contributed by atoms with E-state index in [-0.39, 0.29) is 23.5 Å². The van der Waals surface area contributed by atoms with Gasteiger partial charge >= 0.3 is 11.9 Å². The standard InChI is InChI=1S/C36H33N3O5/c1-23-31(35(41)43-3)33(28-12-7-13-29(22-28)34(40)27-10-5-4-6-11-27)32(24(2)39-23)36(42)44-20-8-9-25-14-16-26(17-15-25)21-30-37-18-19-38-30/h4-19,22,33,39H,20-21H2,1-3H3,(H,37,38). The van der Waals surface area contributed by atoms with Crippen molar-refractivity contribution in [3.05, 3.63) is 154 Å². The van der Waals surface area contributed by atoms with Gasteiger partial charge in [0.15, 0.2) is 5.78 Å². The lowest BCUT2D eigenvalue weighted by atomic mass is 9.79. The van der Waals surface area contributed by atoms with Crippen LogP contribution in [0.2, 0.25) is 0 Å². The van der Waals surface area contributed by atoms with Crippen LogP contribution in [-0.4, -0.2) is 41.4 Å². The molecule has 0 fully saturated rings. The van der Waals surface area contributed by atoms with E-state index in [0.717, 1.165) is 17.0 Å². The predicted octanol–water partition coefficient (Wildman–Crippen LogP) is 5.90. The van der Waals surface area contributed by atoms with Gasteiger partial charge in [-0.05, 0) is 42.7 Å². The van der Waals surface area contributed by atoms with Crippen LogP contribution in [0.25, 0.3) is 6.08 Å². The first kappa shape index (κ1) is 30.0. The maximum atomic E-state index is 13.6. The van der Waals surface area contributed by atoms with E-state index in [4.69, 9.17) is 9.47 Å². The number of rotatable bonds is 10. The molecular weight excluding hydrogens is 554 g/mol. The number of benzene rings is 3. The number of ketones is 1. The third kappa shape index (κ3) is 6.76. The summed E-state index contributed by atoms with van der Waals surface area (Å²) in [6.07, 6.45) is 7.89. The fraction of sp³-hybridized carbons (Fsp3) is 0.167. The highest BCUT2D eigenvalue weighted by Crippen LogP contribution is 2.39. The number of ether oxygens (including phenoxy) is 2. The molecule has 2 N–H and O–H groups in total. The van der Waals surface area contributed by atoms with Gasteiger partial charge in [0.05, 0.1) is 24.2 Å². The second-order valence-corrected chi connectivity index (χ2v) is 10.4. The minimum Gasteiger partial charge on any atom is -0.466 e. The molecule has 0 aliphatic carbocycles. The molecule has 8 nitrogen and oxygen atoms in total. The van der Waals surface area contributed by atoms with Crippen molar-refractivity contribution in [3.8, 4) is 0 Å². The van der Waals surface area contributed by atoms with Gasteiger partial charge in [-0.3, -0.25) is 4.79 Å². The summed E-state index contributed by atoms with van der Waals surface area (Å²) in [5.74, 6) is -1.22. The number of allylic oxidation sites excluding steroid dienone is 2. The molecule has 0 radical (unpaired) electrons. The zero-order valence-corrected chi connectivity index (χ0v) is 24.8. The molecule has 1 unspecified atom stereocenters. The normalized spacial score (nSPS) is 14.8. The number of hydrogen-bond donors (Lipinski definition) is 2. The van der Waals surface area contributed by atoms with Gasteiger partial charge in [0, 0.05) is 41.3 Å². The second-order valence-electron chi connectivity index (χ2n) is 10.4. The van der Waals surface area contributed by atoms with Gasteiger partial charge in [-0.1, -0.05) is 78.9 Å². The third-order valence-electron chi connectivity index (χ3n) is 7.43. The second kappa shape index (κ2) is 13.6. The molecule has 44 heavy (non-hydrogen) atoms. The van der Waals surface area contributed by atoms with Crippen molar-refractivity contribution in [1.82, 2.24) is 15.3 Å². The number of imidazole rings is 1. The molecule has 1 aliphatic rings. The largest absolute Gasteiger partial charge is 0.466 e. The number of carbonyl (C=O) groups is 3. The fourth-order valence-corrected chi connectivity index (χ4v) is 5.31. The van der Waals surface area contributed by atoms with Crippen molar-refractivity contribution in [3.63, 3.8) is 0 Å². The molecule has 1 aromatic heterocycles. The summed E-state index contributed by atoms with van der Waals surface area (Å²) in [5, 5.41) is 3.14. The molecule has 3 aromatic carbocycles. The molecule has 1 atom stereocenters. The molecule has 222 valence electrons. The Bertz CT molecular complexity index is 1750. The number of aromatic amines is 1. The van der Waals surface area contributed by atoms with Crippen LogP contribution in [0.1, 0.15) is 58.2 Å². The Morgan fingerprint density at radius 2 is 1.57 bits per heavy atom. The van der Waals surface area contributed by atoms with Crippen LogP contribution in [-0.2, 0) is 25.5 Å². The molecule has 0 saturated carbocycles. The molecule has 0 saturated heterocycles. The van der Waals surface area contributed by atoms with Crippen molar-refractivity contribution in [2.75, 3.05) is 13.7 Å². The molecule has 2 heterocycles. The van der Waals surface area contributed by atoms with E-state index in [1.54, 1.807) is 80.8 Å². The Morgan fingerprint density at radius 1 is 0.864 bits per heavy atom. The van der Waals surface area contributed by atoms with E-state index in [9.17, 15) is 14.4 Å². The van der Waals surface area contributed by atoms with Crippen molar-refractivity contribution in [2.24, 2.45) is 0 Å². The monoisotopic (exact) mass is 587 g/mol. The van der Waals surface area contributed by atoms with Crippen LogP contribution in [0.5, 0.6) is 0 Å². The maximum Gasteiger partial charge on any atom is 0.337 e. The van der Waals surface area contributed by atoms with E-state index in [2.05, 4.69) is 15.3 Å². The Hall–Kier alpha value is -5.50. The summed E-state index contributed by atoms with van der Waals surface area (Å²) >= 11 is 0. The number of nitrogens with one attached hydrogen (secondary N) is 2. The Balaban J connectivity index is 1.36. The Morgan fingerprint density at radius 3 is 2.25 bits per heavy atom. The molecule has 4 aromatic rings. The number of methoxy groups -OCH3 is 1. The van der Waals surface area contributed by atoms with Crippen LogP contribution in [0.4, 0.5) is 0 Å². The smallest absolute Gasteiger partial charge is 0.337 e. The molecule has 0 bridgehead atoms. The number of carbonyl (C=O) groups excluding carboxylic acids is 3. The van der Waals surface area contributed by atoms with E-state index in [1.165, 1.54) is 7.11 Å². The van der Waals surface area contributed by atoms with Gasteiger partial charge in [0.25, 0.3) is 0 Å². The number of hydrogen-bond acceptors (Lipinski definition) is 7. The first-order valence-corrected chi connectivity index (χ1v) is 14.2. The van der Waals surface area contributed by atoms with Crippen LogP contribution >= 0.6 is 0 Å². The molecule has 0 amide bonds. The van der Waals surface area contributed by atoms with Gasteiger partial charge in [-0.2, -0.15) is 0 Å². The third-order valence-corrected chi connectivity index (χ3v) is 7.43. The Kier molecular flexibility index (Phi) is 9.30. The molecular formula is C36H33N3O5. The summed E-state index contributed by atoms with van der Waals surface area (Å²) in [6.45, 7) is 3.55. The molecule has 5 rings (SSSR count). The zero-order chi connectivity index (χ0) is 31.1. The van der Waals surface area contributed by atoms with Crippen molar-refractivity contribution in [2.45, 2.75) is 26.2 Å². The van der Waals surface area contributed by atoms with Crippen molar-refractivity contribution >= 4 is 23.8 Å². The first-order chi connectivity index (χ1) is 21.4. The van der Waals surface area contributed by atoms with Gasteiger partial charge in [0.2, 0.25) is 0 Å². The number of nitrogens with zero attached hydrogens (tertiary/aromatic N) is 1. The predicted molar refractivity (Wildman–Crippen MR) is 167 cm³/mol. The van der Waals surface area contributed by atoms with E-state index in [0.29, 0.717) is 34.5 Å². The average Bonchev–Trinajstić information content (AvgIpc) is 3.56. The van der Waals surface area contributed by atoms with Crippen LogP contribution in [0.15, 0.2) is 120 Å². The zero-order valence-electron chi connectivity index (χ0n) is 24.8. The lowest BCUT2D eigenvalue weighted by molar-refractivity contribution is -0.138. The average molecular weight is 588 g/mol. The van der Waals surface area contributed by atoms with Gasteiger partial charge in [-0.15, -0.1) is 0 Å². The topological polar surface area (TPSA) is 110 Å². The maximum absolute atomic E-state index is 13.6. The summed E-state index contributed by atoms with van der Waals surface area (Å²) < 4.78 is 10.8. The number of H-pyrrole nitrogens is 1. The summed E-state index contributed by atoms with van der Waals surface area (Å²) in [7, 11) is 1.30. The van der Waals surface area contributed by atoms with Gasteiger partial charge in [0.1, 0.15) is 12.4 Å². The van der Waals surface area contributed by atoms with Crippen LogP contribution in [0.3, 0.4) is 0 Å². The van der Waals surface area contributed by atoms with Gasteiger partial charge < -0.3 is 19.8 Å². The first-order valence-electron chi connectivity index (χ1n) is 14.2. The van der Waals surface area contributed by atoms with Crippen molar-refractivity contribution < 1.29 is 23.9 Å². The highest BCUT2D eigenvalue weighted by molar-refractivity contribution is 6.09. The van der Waals surface area contributed by atoms with E-state index < -0.39 is 17.9 Å². The van der Waals surface area contributed by atoms with Gasteiger partial charge in [-0.25, -0.2) is 14.6 Å². The fourth-order valence-electron chi connectivity index (χ4n) is 5.31. The lowest BCUT2D eigenvalue weighted by Crippen LogP contribution is -2.32. The summed E-state index contributed by atoms with van der Waals surface area (Å²) in [4.78, 5) is 47.2. The van der Waals surface area contributed by atoms with Crippen LogP contribution < -0.4 is 5.32 Å². The van der Waals surface area contributed by atoms with E-state index >= 15 is 0 Å². The SMILES string of the molecule is COC(=O)C1=C(C)NC(C)=C(C(=O)OCC=Cc2ccc(Cc3ncc[nH]3)cc2)C1c1cccc(C(=O)c2ccccc2)c1. The number of esters is 2. The molecule has 0 spiro atoms. The Labute approximate surface area is 256 Å². The van der Waals surface area contributed by atoms with E-state index in [1.807, 2.05) is 36.4 Å². The lowest BCUT2D eigenvalue weighted by Gasteiger charge is -2.30. The highest BCUT2D eigenvalue weighted by atomic mass is 16.5. The number of dihydropyridines is 1. The summed E-state index contributed by atoms with van der Waals surface area (Å²) in [6, 6.07) is 24.0. The van der Waals surface area contributed by atoms with Crippen molar-refractivity contribution in [1.29, 1.82) is 0 Å². The minimum atomic E-state index is -0.801. The molecule has 8 heteroatoms. The number of aromatic nitrogens is 2. The quantitative estimate of drug-likeness (QED) is 0.176. The summed E-state index contributed by atoms with van der Waals surface area (Å²) in [5.41, 5.74) is 5.34. The highest BCUT2D eigenvalue weighted by Gasteiger charge is 2.38. The molecule has 1 aliphatic heterocycles. The van der Waals surface area contributed by atoms with Crippen LogP contribution in [0, 0.1) is 0 Å². The minimum absolute atomic E-state index is 0.0271.